The number of nitriles is 1. The Morgan fingerprint density at radius 3 is 1.71 bits per heavy atom. The molecule has 0 atom stereocenters. The molecule has 21 nitrogen and oxygen atoms in total. The normalized spacial score (nSPS) is 16.5. The smallest absolute Gasteiger partial charge is 0.319 e. The Labute approximate surface area is 410 Å². The average molecular weight is 1020 g/mol. The molecule has 2 aromatic carbocycles. The number of rotatable bonds is 11. The Morgan fingerprint density at radius 1 is 0.812 bits per heavy atom. The summed E-state index contributed by atoms with van der Waals surface area (Å²) < 4.78 is 2.29. The van der Waals surface area contributed by atoms with Crippen LogP contribution in [-0.2, 0) is 41.4 Å². The SMILES string of the molecule is CC(=O)C1=CC(=NN=c2[n-]cc([N+](=O)[O-])s2)C(O)=CC1=O.CC(=O)C1=CC(=NN=c2[n-]cc([N+](=O)[O-])s2)C(O)=CC1=O.CN(CCC#N)c1ccc(/C=C/C2=[N+](C)c3ccccc3C2(C)C)cc1.[Co]. The number of nitrogens with zero attached hydrogens (tertiary/aromatic N) is 11. The predicted octanol–water partition coefficient (Wildman–Crippen LogP) is 5.57. The van der Waals surface area contributed by atoms with Gasteiger partial charge < -0.3 is 35.3 Å². The number of aliphatic hydroxyl groups excluding tert-OH is 2. The number of aliphatic hydroxyl groups is 2. The zero-order chi connectivity index (χ0) is 49.9. The van der Waals surface area contributed by atoms with Crippen LogP contribution in [0.15, 0.2) is 134 Å². The quantitative estimate of drug-likeness (QED) is 0.0610. The molecule has 0 unspecified atom stereocenters. The molecule has 1 radical (unpaired) electrons. The van der Waals surface area contributed by atoms with Gasteiger partial charge in [0.15, 0.2) is 28.8 Å². The molecule has 0 spiro atoms. The molecule has 0 fully saturated rings. The number of carbonyl (C=O) groups excluding carboxylic acids is 4. The van der Waals surface area contributed by atoms with E-state index in [1.165, 1.54) is 36.4 Å². The molecule has 7 rings (SSSR count). The number of para-hydroxylation sites is 1. The molecule has 0 saturated heterocycles. The summed E-state index contributed by atoms with van der Waals surface area (Å²) in [6.45, 7) is 7.73. The first kappa shape index (κ1) is 53.5. The van der Waals surface area contributed by atoms with Crippen molar-refractivity contribution in [2.24, 2.45) is 20.4 Å². The molecule has 4 aromatic rings. The Hall–Kier alpha value is -8.11. The molecule has 3 heterocycles. The van der Waals surface area contributed by atoms with Crippen LogP contribution in [0.4, 0.5) is 21.4 Å². The first-order valence-corrected chi connectivity index (χ1v) is 21.6. The fourth-order valence-electron chi connectivity index (χ4n) is 6.46. The minimum Gasteiger partial charge on any atom is -0.506 e. The van der Waals surface area contributed by atoms with Crippen LogP contribution in [0, 0.1) is 31.6 Å². The molecule has 69 heavy (non-hydrogen) atoms. The van der Waals surface area contributed by atoms with Crippen LogP contribution in [0.2, 0.25) is 0 Å². The van der Waals surface area contributed by atoms with Crippen LogP contribution < -0.4 is 24.5 Å². The van der Waals surface area contributed by atoms with Gasteiger partial charge in [0.05, 0.1) is 38.9 Å². The zero-order valence-electron chi connectivity index (χ0n) is 37.4. The number of hydrogen-bond donors (Lipinski definition) is 2. The minimum absolute atomic E-state index is 0. The van der Waals surface area contributed by atoms with Crippen LogP contribution in [0.1, 0.15) is 45.2 Å². The number of anilines is 1. The minimum atomic E-state index is -0.621. The van der Waals surface area contributed by atoms with Gasteiger partial charge in [-0.3, -0.25) is 49.6 Å². The standard InChI is InChI=1S/C23H26N3.2C11H8N4O5S.Co/c1-23(2)20-8-5-6-9-21(20)26(4)22(23)15-12-18-10-13-19(14-11-18)25(3)17-7-16-24;2*1-5(16)6-2-7(9(18)3-8(6)17)13-14-11-12-4-10(21-11)15(19)20;/h5-6,8-15H,7,17H2,1-4H3;2*2-4H,1H3,(H2,12,14,16,17,18);/q+1;;;/p-2. The maximum atomic E-state index is 11.4. The third kappa shape index (κ3) is 13.5. The number of carbonyl (C=O) groups is 4. The fourth-order valence-corrected chi connectivity index (χ4v) is 7.57. The van der Waals surface area contributed by atoms with Gasteiger partial charge in [0.25, 0.3) is 0 Å². The molecular weight excluding hydrogens is 978 g/mol. The third-order valence-electron chi connectivity index (χ3n) is 9.99. The van der Waals surface area contributed by atoms with E-state index in [0.717, 1.165) is 48.9 Å². The summed E-state index contributed by atoms with van der Waals surface area (Å²) in [6.07, 6.45) is 10.9. The Kier molecular flexibility index (Phi) is 18.3. The number of allylic oxidation sites excluding steroid dienone is 7. The van der Waals surface area contributed by atoms with Gasteiger partial charge in [0.2, 0.25) is 5.69 Å². The first-order chi connectivity index (χ1) is 32.2. The molecular formula is C45H40CoN11O10S2-. The second-order valence-corrected chi connectivity index (χ2v) is 17.0. The summed E-state index contributed by atoms with van der Waals surface area (Å²) in [4.78, 5) is 74.6. The van der Waals surface area contributed by atoms with E-state index < -0.39 is 44.5 Å². The van der Waals surface area contributed by atoms with Crippen LogP contribution in [0.3, 0.4) is 0 Å². The van der Waals surface area contributed by atoms with Crippen molar-refractivity contribution in [2.45, 2.75) is 39.5 Å². The third-order valence-corrected chi connectivity index (χ3v) is 11.7. The number of benzene rings is 2. The van der Waals surface area contributed by atoms with Gasteiger partial charge in [-0.25, -0.2) is 0 Å². The molecule has 2 aliphatic carbocycles. The molecule has 2 N–H and O–H groups in total. The number of ketones is 4. The van der Waals surface area contributed by atoms with Crippen LogP contribution >= 0.6 is 22.7 Å². The number of fused-ring (bicyclic) bond motifs is 1. The molecule has 0 bridgehead atoms. The van der Waals surface area contributed by atoms with Crippen molar-refractivity contribution in [3.05, 3.63) is 155 Å². The van der Waals surface area contributed by atoms with E-state index in [-0.39, 0.29) is 64.4 Å². The van der Waals surface area contributed by atoms with Gasteiger partial charge in [-0.1, -0.05) is 53.0 Å². The van der Waals surface area contributed by atoms with Gasteiger partial charge in [0.1, 0.15) is 30.0 Å². The molecule has 0 amide bonds. The summed E-state index contributed by atoms with van der Waals surface area (Å²) in [7, 11) is 4.16. The van der Waals surface area contributed by atoms with Crippen molar-refractivity contribution in [1.82, 2.24) is 9.97 Å². The largest absolute Gasteiger partial charge is 0.506 e. The van der Waals surface area contributed by atoms with E-state index in [4.69, 9.17) is 5.26 Å². The fraction of sp³-hybridized carbons (Fsp3) is 0.200. The van der Waals surface area contributed by atoms with Crippen molar-refractivity contribution in [1.29, 1.82) is 5.26 Å². The van der Waals surface area contributed by atoms with E-state index in [9.17, 15) is 49.6 Å². The maximum absolute atomic E-state index is 11.4. The molecule has 0 saturated carbocycles. The summed E-state index contributed by atoms with van der Waals surface area (Å²) in [6, 6.07) is 19.3. The van der Waals surface area contributed by atoms with Crippen molar-refractivity contribution in [3.8, 4) is 6.07 Å². The Bertz CT molecular complexity index is 3040. The number of hydrogen-bond acceptors (Lipinski definition) is 18. The Morgan fingerprint density at radius 2 is 1.29 bits per heavy atom. The van der Waals surface area contributed by atoms with Gasteiger partial charge in [0, 0.05) is 87.9 Å². The number of nitro groups is 2. The monoisotopic (exact) mass is 1020 g/mol. The second kappa shape index (κ2) is 23.6. The van der Waals surface area contributed by atoms with Gasteiger partial charge >= 0.3 is 10.0 Å². The number of thiazole rings is 2. The van der Waals surface area contributed by atoms with E-state index in [0.29, 0.717) is 29.1 Å². The summed E-state index contributed by atoms with van der Waals surface area (Å²) in [5.41, 5.74) is 5.80. The molecule has 1 aliphatic heterocycles. The van der Waals surface area contributed by atoms with E-state index >= 15 is 0 Å². The maximum Gasteiger partial charge on any atom is 0.319 e. The van der Waals surface area contributed by atoms with Crippen LogP contribution in [0.5, 0.6) is 0 Å². The number of Topliss-reactive ketones (excluding diaryl/α,β-unsaturated/α-hetero) is 2. The van der Waals surface area contributed by atoms with Crippen molar-refractivity contribution >= 4 is 90.4 Å². The van der Waals surface area contributed by atoms with Crippen LogP contribution in [0.25, 0.3) is 6.08 Å². The van der Waals surface area contributed by atoms with Crippen molar-refractivity contribution in [2.75, 3.05) is 25.5 Å². The van der Waals surface area contributed by atoms with Gasteiger partial charge in [-0.15, -0.1) is 0 Å². The molecule has 3 aliphatic rings. The molecule has 357 valence electrons. The van der Waals surface area contributed by atoms with Gasteiger partial charge in [-0.05, 0) is 63.6 Å². The first-order valence-electron chi connectivity index (χ1n) is 19.9. The number of aromatic nitrogens is 2. The summed E-state index contributed by atoms with van der Waals surface area (Å²) >= 11 is 1.40. The summed E-state index contributed by atoms with van der Waals surface area (Å²) in [5, 5.41) is 63.0. The molecule has 24 heteroatoms. The average Bonchev–Trinajstić information content (AvgIpc) is 4.03. The summed E-state index contributed by atoms with van der Waals surface area (Å²) in [5.74, 6) is -3.07. The van der Waals surface area contributed by atoms with Crippen molar-refractivity contribution < 1.29 is 60.6 Å². The van der Waals surface area contributed by atoms with Crippen molar-refractivity contribution in [3.63, 3.8) is 0 Å². The second-order valence-electron chi connectivity index (χ2n) is 15.0. The van der Waals surface area contributed by atoms with E-state index in [1.54, 1.807) is 0 Å². The predicted molar refractivity (Wildman–Crippen MR) is 253 cm³/mol. The van der Waals surface area contributed by atoms with Crippen LogP contribution in [-0.4, -0.2) is 85.5 Å². The Balaban J connectivity index is 0.000000226. The molecule has 2 aromatic heterocycles. The van der Waals surface area contributed by atoms with E-state index in [2.05, 4.69) is 127 Å². The van der Waals surface area contributed by atoms with E-state index in [1.807, 2.05) is 7.05 Å². The zero-order valence-corrected chi connectivity index (χ0v) is 40.1. The van der Waals surface area contributed by atoms with Gasteiger partial charge in [-0.2, -0.15) is 9.84 Å². The topological polar surface area (TPSA) is 303 Å².